The zero-order valence-electron chi connectivity index (χ0n) is 17.5. The predicted molar refractivity (Wildman–Crippen MR) is 111 cm³/mol. The Kier molecular flexibility index (Phi) is 3.81. The first-order chi connectivity index (χ1) is 15.7. The van der Waals surface area contributed by atoms with Gasteiger partial charge in [-0.1, -0.05) is 6.08 Å². The van der Waals surface area contributed by atoms with Crippen molar-refractivity contribution in [1.29, 1.82) is 0 Å². The van der Waals surface area contributed by atoms with Crippen molar-refractivity contribution in [3.05, 3.63) is 70.4 Å². The van der Waals surface area contributed by atoms with Crippen molar-refractivity contribution >= 4 is 22.6 Å². The molecular formula is C23H18F3N3O4. The molecule has 1 spiro atoms. The lowest BCUT2D eigenvalue weighted by atomic mass is 9.73. The molecule has 0 saturated carbocycles. The van der Waals surface area contributed by atoms with Gasteiger partial charge in [-0.15, -0.1) is 0 Å². The van der Waals surface area contributed by atoms with Gasteiger partial charge in [0.15, 0.2) is 0 Å². The molecule has 3 aliphatic rings. The largest absolute Gasteiger partial charge is 0.464 e. The molecule has 0 aliphatic carbocycles. The van der Waals surface area contributed by atoms with E-state index in [1.54, 1.807) is 22.9 Å². The van der Waals surface area contributed by atoms with Gasteiger partial charge < -0.3 is 18.3 Å². The first-order valence-electron chi connectivity index (χ1n) is 10.5. The summed E-state index contributed by atoms with van der Waals surface area (Å²) in [5.74, 6) is -1.40. The zero-order valence-corrected chi connectivity index (χ0v) is 17.5. The fourth-order valence-electron chi connectivity index (χ4n) is 5.53. The standard InChI is InChI=1S/C23H18F3N3O4/c1-21-6-2-8-27-19(21)22(7-9-28-16(22)11-15-14(18(28)30)5-10-32-15)20(31)29(21)12-13-3-4-17(33-13)23(24,25)26/h2-5,8,10-11H,6-7,9,12H2,1H3. The van der Waals surface area contributed by atoms with Crippen LogP contribution in [0.15, 0.2) is 61.4 Å². The number of furan rings is 2. The molecule has 6 rings (SSSR count). The highest BCUT2D eigenvalue weighted by atomic mass is 19.4. The number of likely N-dealkylation sites (tertiary alicyclic amines) is 1. The molecule has 33 heavy (non-hydrogen) atoms. The Morgan fingerprint density at radius 3 is 2.79 bits per heavy atom. The summed E-state index contributed by atoms with van der Waals surface area (Å²) in [7, 11) is 0. The minimum atomic E-state index is -4.61. The highest BCUT2D eigenvalue weighted by Gasteiger charge is 2.65. The van der Waals surface area contributed by atoms with Crippen LogP contribution >= 0.6 is 0 Å². The van der Waals surface area contributed by atoms with Crippen LogP contribution < -0.4 is 5.56 Å². The molecule has 3 aromatic heterocycles. The fraction of sp³-hybridized carbons (Fsp3) is 0.348. The summed E-state index contributed by atoms with van der Waals surface area (Å²) in [6.07, 6.45) is 1.05. The van der Waals surface area contributed by atoms with Crippen LogP contribution in [0, 0.1) is 0 Å². The molecule has 2 atom stereocenters. The number of carbonyl (C=O) groups is 1. The lowest BCUT2D eigenvalue weighted by Gasteiger charge is -2.35. The summed E-state index contributed by atoms with van der Waals surface area (Å²) in [5, 5.41) is 0.432. The van der Waals surface area contributed by atoms with Gasteiger partial charge in [-0.25, -0.2) is 0 Å². The van der Waals surface area contributed by atoms with E-state index in [0.29, 0.717) is 41.8 Å². The van der Waals surface area contributed by atoms with E-state index >= 15 is 0 Å². The maximum absolute atomic E-state index is 14.1. The molecule has 0 N–H and O–H groups in total. The minimum Gasteiger partial charge on any atom is -0.464 e. The van der Waals surface area contributed by atoms with Crippen LogP contribution in [0.5, 0.6) is 0 Å². The number of aliphatic imine (C=N–C) groups is 1. The van der Waals surface area contributed by atoms with Crippen LogP contribution in [-0.4, -0.2) is 26.6 Å². The van der Waals surface area contributed by atoms with E-state index < -0.39 is 22.9 Å². The van der Waals surface area contributed by atoms with Crippen molar-refractivity contribution in [1.82, 2.24) is 9.47 Å². The van der Waals surface area contributed by atoms with Crippen molar-refractivity contribution in [2.75, 3.05) is 0 Å². The summed E-state index contributed by atoms with van der Waals surface area (Å²) >= 11 is 0. The summed E-state index contributed by atoms with van der Waals surface area (Å²) in [5.41, 5.74) is -0.846. The lowest BCUT2D eigenvalue weighted by Crippen LogP contribution is -2.47. The first-order valence-corrected chi connectivity index (χ1v) is 10.5. The molecule has 6 heterocycles. The Hall–Kier alpha value is -3.56. The van der Waals surface area contributed by atoms with Crippen LogP contribution in [0.3, 0.4) is 0 Å². The summed E-state index contributed by atoms with van der Waals surface area (Å²) in [4.78, 5) is 33.2. The second kappa shape index (κ2) is 6.27. The van der Waals surface area contributed by atoms with Crippen LogP contribution in [-0.2, 0) is 29.5 Å². The third kappa shape index (κ3) is 2.49. The molecule has 3 aliphatic heterocycles. The predicted octanol–water partition coefficient (Wildman–Crippen LogP) is 4.01. The number of carbonyl (C=O) groups excluding carboxylic acids is 1. The maximum atomic E-state index is 14.1. The molecule has 7 nitrogen and oxygen atoms in total. The molecule has 0 aromatic carbocycles. The highest BCUT2D eigenvalue weighted by molar-refractivity contribution is 6.24. The van der Waals surface area contributed by atoms with Crippen LogP contribution in [0.2, 0.25) is 0 Å². The number of amides is 1. The van der Waals surface area contributed by atoms with Crippen LogP contribution in [0.1, 0.15) is 37.0 Å². The number of nitrogens with zero attached hydrogens (tertiary/aromatic N) is 3. The number of rotatable bonds is 2. The molecule has 0 radical (unpaired) electrons. The Labute approximate surface area is 184 Å². The zero-order chi connectivity index (χ0) is 23.2. The second-order valence-corrected chi connectivity index (χ2v) is 8.84. The normalized spacial score (nSPS) is 26.4. The molecule has 0 bridgehead atoms. The van der Waals surface area contributed by atoms with E-state index in [-0.39, 0.29) is 23.8 Å². The van der Waals surface area contributed by atoms with Crippen molar-refractivity contribution in [2.24, 2.45) is 4.99 Å². The Morgan fingerprint density at radius 1 is 1.21 bits per heavy atom. The molecule has 2 unspecified atom stereocenters. The van der Waals surface area contributed by atoms with Crippen molar-refractivity contribution in [2.45, 2.75) is 50.0 Å². The third-order valence-electron chi connectivity index (χ3n) is 7.08. The van der Waals surface area contributed by atoms with Gasteiger partial charge in [0, 0.05) is 24.5 Å². The van der Waals surface area contributed by atoms with E-state index in [2.05, 4.69) is 4.99 Å². The molecule has 1 fully saturated rings. The van der Waals surface area contributed by atoms with Gasteiger partial charge in [0.1, 0.15) is 16.8 Å². The van der Waals surface area contributed by atoms with Gasteiger partial charge in [-0.2, -0.15) is 13.2 Å². The molecule has 170 valence electrons. The lowest BCUT2D eigenvalue weighted by molar-refractivity contribution is -0.153. The molecule has 3 aromatic rings. The summed E-state index contributed by atoms with van der Waals surface area (Å²) in [6.45, 7) is 2.03. The third-order valence-corrected chi connectivity index (χ3v) is 7.08. The smallest absolute Gasteiger partial charge is 0.449 e. The van der Waals surface area contributed by atoms with Crippen molar-refractivity contribution < 1.29 is 26.8 Å². The average molecular weight is 457 g/mol. The summed E-state index contributed by atoms with van der Waals surface area (Å²) < 4.78 is 51.2. The first kappa shape index (κ1) is 20.1. The quantitative estimate of drug-likeness (QED) is 0.583. The maximum Gasteiger partial charge on any atom is 0.449 e. The number of alkyl halides is 3. The SMILES string of the molecule is CC12CC=CN=C1C1(CCn3c1cc1occc1c3=O)C(=O)N2Cc1ccc(C(F)(F)F)o1. The monoisotopic (exact) mass is 457 g/mol. The number of hydrogen-bond donors (Lipinski definition) is 0. The van der Waals surface area contributed by atoms with E-state index in [1.165, 1.54) is 17.2 Å². The van der Waals surface area contributed by atoms with Gasteiger partial charge in [0.25, 0.3) is 5.56 Å². The second-order valence-electron chi connectivity index (χ2n) is 8.84. The molecule has 10 heteroatoms. The number of pyridine rings is 1. The van der Waals surface area contributed by atoms with Crippen molar-refractivity contribution in [3.63, 3.8) is 0 Å². The average Bonchev–Trinajstić information content (AvgIpc) is 3.52. The van der Waals surface area contributed by atoms with Crippen LogP contribution in [0.25, 0.3) is 11.0 Å². The van der Waals surface area contributed by atoms with E-state index in [0.717, 1.165) is 6.07 Å². The number of hydrogen-bond acceptors (Lipinski definition) is 5. The highest BCUT2D eigenvalue weighted by Crippen LogP contribution is 2.51. The van der Waals surface area contributed by atoms with Crippen LogP contribution in [0.4, 0.5) is 13.2 Å². The van der Waals surface area contributed by atoms with Gasteiger partial charge >= 0.3 is 6.18 Å². The van der Waals surface area contributed by atoms with E-state index in [4.69, 9.17) is 8.83 Å². The Balaban J connectivity index is 1.50. The Morgan fingerprint density at radius 2 is 2.03 bits per heavy atom. The minimum absolute atomic E-state index is 0.0275. The number of aromatic nitrogens is 1. The number of fused-ring (bicyclic) bond motifs is 5. The Bertz CT molecular complexity index is 1440. The van der Waals surface area contributed by atoms with Gasteiger partial charge in [-0.3, -0.25) is 14.6 Å². The number of halogens is 3. The van der Waals surface area contributed by atoms with Crippen molar-refractivity contribution in [3.8, 4) is 0 Å². The van der Waals surface area contributed by atoms with E-state index in [9.17, 15) is 22.8 Å². The van der Waals surface area contributed by atoms with Gasteiger partial charge in [-0.05, 0) is 38.0 Å². The molecule has 1 amide bonds. The molecular weight excluding hydrogens is 439 g/mol. The topological polar surface area (TPSA) is 80.9 Å². The molecule has 1 saturated heterocycles. The summed E-state index contributed by atoms with van der Waals surface area (Å²) in [6, 6.07) is 5.40. The van der Waals surface area contributed by atoms with E-state index in [1.807, 2.05) is 13.0 Å². The van der Waals surface area contributed by atoms with Gasteiger partial charge in [0.2, 0.25) is 11.7 Å². The van der Waals surface area contributed by atoms with Gasteiger partial charge in [0.05, 0.1) is 29.4 Å². The fourth-order valence-corrected chi connectivity index (χ4v) is 5.53.